The van der Waals surface area contributed by atoms with Crippen molar-refractivity contribution in [3.05, 3.63) is 35.6 Å². The molecule has 0 saturated carbocycles. The van der Waals surface area contributed by atoms with Gasteiger partial charge in [0.05, 0.1) is 6.04 Å². The average Bonchev–Trinajstić information content (AvgIpc) is 2.77. The molecule has 0 aromatic heterocycles. The molecule has 3 unspecified atom stereocenters. The van der Waals surface area contributed by atoms with E-state index in [0.29, 0.717) is 11.8 Å². The number of carbonyl (C=O) groups is 1. The topological polar surface area (TPSA) is 32.3 Å². The van der Waals surface area contributed by atoms with E-state index in [4.69, 9.17) is 0 Å². The van der Waals surface area contributed by atoms with Gasteiger partial charge in [0.2, 0.25) is 5.91 Å². The van der Waals surface area contributed by atoms with Crippen molar-refractivity contribution in [3.63, 3.8) is 0 Å². The van der Waals surface area contributed by atoms with Gasteiger partial charge in [-0.3, -0.25) is 10.1 Å². The normalized spacial score (nSPS) is 23.9. The van der Waals surface area contributed by atoms with Crippen LogP contribution in [0.4, 0.5) is 4.39 Å². The Morgan fingerprint density at radius 3 is 2.43 bits per heavy atom. The molecular weight excluding hydrogens is 287 g/mol. The lowest BCUT2D eigenvalue weighted by Gasteiger charge is -2.26. The summed E-state index contributed by atoms with van der Waals surface area (Å²) in [6, 6.07) is 6.22. The van der Waals surface area contributed by atoms with E-state index in [1.165, 1.54) is 12.1 Å². The molecule has 0 spiro atoms. The molecule has 2 rings (SSSR count). The minimum atomic E-state index is -0.257. The Morgan fingerprint density at radius 1 is 1.29 bits per heavy atom. The SMILES string of the molecule is CSC(C)CN1C(=O)C(C(C)C)NC1c1ccc(F)cc1. The zero-order chi connectivity index (χ0) is 15.6. The van der Waals surface area contributed by atoms with E-state index in [1.54, 1.807) is 23.9 Å². The fourth-order valence-electron chi connectivity index (χ4n) is 2.58. The van der Waals surface area contributed by atoms with Gasteiger partial charge in [-0.2, -0.15) is 11.8 Å². The predicted octanol–water partition coefficient (Wildman–Crippen LogP) is 3.03. The highest BCUT2D eigenvalue weighted by molar-refractivity contribution is 7.99. The number of hydrogen-bond donors (Lipinski definition) is 1. The van der Waals surface area contributed by atoms with Gasteiger partial charge in [-0.15, -0.1) is 0 Å². The third kappa shape index (κ3) is 3.58. The number of benzene rings is 1. The Bertz CT molecular complexity index is 492. The molecule has 0 aliphatic carbocycles. The zero-order valence-electron chi connectivity index (χ0n) is 13.0. The molecule has 1 saturated heterocycles. The van der Waals surface area contributed by atoms with Gasteiger partial charge in [0.25, 0.3) is 0 Å². The first kappa shape index (κ1) is 16.3. The van der Waals surface area contributed by atoms with Gasteiger partial charge < -0.3 is 4.90 Å². The van der Waals surface area contributed by atoms with Crippen molar-refractivity contribution in [2.45, 2.75) is 38.2 Å². The number of thioether (sulfide) groups is 1. The van der Waals surface area contributed by atoms with Crippen LogP contribution in [0.2, 0.25) is 0 Å². The molecule has 3 nitrogen and oxygen atoms in total. The van der Waals surface area contributed by atoms with Crippen molar-refractivity contribution in [2.75, 3.05) is 12.8 Å². The molecule has 1 fully saturated rings. The first-order chi connectivity index (χ1) is 9.93. The second-order valence-corrected chi connectivity index (χ2v) is 7.16. The number of nitrogens with one attached hydrogen (secondary N) is 1. The van der Waals surface area contributed by atoms with Crippen LogP contribution < -0.4 is 5.32 Å². The summed E-state index contributed by atoms with van der Waals surface area (Å²) in [5.41, 5.74) is 0.932. The number of amides is 1. The molecule has 1 aromatic rings. The largest absolute Gasteiger partial charge is 0.320 e. The van der Waals surface area contributed by atoms with Crippen molar-refractivity contribution < 1.29 is 9.18 Å². The molecule has 1 aliphatic rings. The second-order valence-electron chi connectivity index (χ2n) is 5.88. The van der Waals surface area contributed by atoms with Crippen molar-refractivity contribution in [3.8, 4) is 0 Å². The molecule has 21 heavy (non-hydrogen) atoms. The Kier molecular flexibility index (Phi) is 5.27. The Hall–Kier alpha value is -1.07. The number of nitrogens with zero attached hydrogens (tertiary/aromatic N) is 1. The van der Waals surface area contributed by atoms with Crippen molar-refractivity contribution in [1.29, 1.82) is 0 Å². The summed E-state index contributed by atoms with van der Waals surface area (Å²) in [5.74, 6) is 0.114. The third-order valence-corrected chi connectivity index (χ3v) is 4.86. The van der Waals surface area contributed by atoms with Crippen LogP contribution in [0.5, 0.6) is 0 Å². The highest BCUT2D eigenvalue weighted by Crippen LogP contribution is 2.29. The van der Waals surface area contributed by atoms with E-state index in [0.717, 1.165) is 5.56 Å². The van der Waals surface area contributed by atoms with Gasteiger partial charge in [-0.25, -0.2) is 4.39 Å². The first-order valence-corrected chi connectivity index (χ1v) is 8.57. The molecule has 1 aliphatic heterocycles. The molecule has 1 heterocycles. The maximum absolute atomic E-state index is 13.1. The summed E-state index contributed by atoms with van der Waals surface area (Å²) >= 11 is 1.74. The summed E-state index contributed by atoms with van der Waals surface area (Å²) in [6.07, 6.45) is 1.88. The Morgan fingerprint density at radius 2 is 1.90 bits per heavy atom. The molecule has 5 heteroatoms. The minimum Gasteiger partial charge on any atom is -0.320 e. The van der Waals surface area contributed by atoms with Gasteiger partial charge in [0.15, 0.2) is 0 Å². The lowest BCUT2D eigenvalue weighted by Crippen LogP contribution is -2.36. The predicted molar refractivity (Wildman–Crippen MR) is 85.6 cm³/mol. The molecule has 0 radical (unpaired) electrons. The molecule has 116 valence electrons. The molecule has 1 amide bonds. The maximum Gasteiger partial charge on any atom is 0.241 e. The summed E-state index contributed by atoms with van der Waals surface area (Å²) in [4.78, 5) is 14.5. The van der Waals surface area contributed by atoms with Gasteiger partial charge in [0, 0.05) is 11.8 Å². The average molecular weight is 310 g/mol. The van der Waals surface area contributed by atoms with E-state index < -0.39 is 0 Å². The van der Waals surface area contributed by atoms with E-state index in [-0.39, 0.29) is 29.8 Å². The molecule has 1 aromatic carbocycles. The number of carbonyl (C=O) groups excluding carboxylic acids is 1. The molecule has 1 N–H and O–H groups in total. The van der Waals surface area contributed by atoms with Crippen LogP contribution in [0.15, 0.2) is 24.3 Å². The number of hydrogen-bond acceptors (Lipinski definition) is 3. The van der Waals surface area contributed by atoms with Crippen molar-refractivity contribution in [1.82, 2.24) is 10.2 Å². The smallest absolute Gasteiger partial charge is 0.241 e. The third-order valence-electron chi connectivity index (χ3n) is 3.91. The summed E-state index contributed by atoms with van der Waals surface area (Å²) in [7, 11) is 0. The van der Waals surface area contributed by atoms with Crippen LogP contribution in [0.1, 0.15) is 32.5 Å². The lowest BCUT2D eigenvalue weighted by atomic mass is 10.1. The second kappa shape index (κ2) is 6.79. The van der Waals surface area contributed by atoms with Gasteiger partial charge >= 0.3 is 0 Å². The van der Waals surface area contributed by atoms with Crippen LogP contribution in [0.3, 0.4) is 0 Å². The maximum atomic E-state index is 13.1. The van der Waals surface area contributed by atoms with Crippen molar-refractivity contribution >= 4 is 17.7 Å². The quantitative estimate of drug-likeness (QED) is 0.907. The van der Waals surface area contributed by atoms with E-state index in [9.17, 15) is 9.18 Å². The van der Waals surface area contributed by atoms with E-state index in [1.807, 2.05) is 25.0 Å². The Labute approximate surface area is 130 Å². The first-order valence-electron chi connectivity index (χ1n) is 7.28. The molecule has 0 bridgehead atoms. The molecule has 3 atom stereocenters. The fourth-order valence-corrected chi connectivity index (χ4v) is 2.89. The van der Waals surface area contributed by atoms with Gasteiger partial charge in [-0.1, -0.05) is 32.9 Å². The van der Waals surface area contributed by atoms with Crippen LogP contribution in [0, 0.1) is 11.7 Å². The monoisotopic (exact) mass is 310 g/mol. The zero-order valence-corrected chi connectivity index (χ0v) is 13.8. The highest BCUT2D eigenvalue weighted by atomic mass is 32.2. The summed E-state index contributed by atoms with van der Waals surface area (Å²) in [6.45, 7) is 6.89. The van der Waals surface area contributed by atoms with Crippen molar-refractivity contribution in [2.24, 2.45) is 5.92 Å². The van der Waals surface area contributed by atoms with Crippen LogP contribution in [-0.2, 0) is 4.79 Å². The van der Waals surface area contributed by atoms with Gasteiger partial charge in [-0.05, 0) is 29.9 Å². The van der Waals surface area contributed by atoms with Crippen LogP contribution in [-0.4, -0.2) is 34.9 Å². The van der Waals surface area contributed by atoms with Crippen LogP contribution in [0.25, 0.3) is 0 Å². The number of rotatable bonds is 5. The molecular formula is C16H23FN2OS. The van der Waals surface area contributed by atoms with E-state index in [2.05, 4.69) is 12.2 Å². The lowest BCUT2D eigenvalue weighted by molar-refractivity contribution is -0.130. The van der Waals surface area contributed by atoms with E-state index >= 15 is 0 Å². The van der Waals surface area contributed by atoms with Crippen LogP contribution >= 0.6 is 11.8 Å². The van der Waals surface area contributed by atoms with Gasteiger partial charge in [0.1, 0.15) is 12.0 Å². The minimum absolute atomic E-state index is 0.139. The highest BCUT2D eigenvalue weighted by Gasteiger charge is 2.41. The fraction of sp³-hybridized carbons (Fsp3) is 0.562. The summed E-state index contributed by atoms with van der Waals surface area (Å²) < 4.78 is 13.1. The summed E-state index contributed by atoms with van der Waals surface area (Å²) in [5, 5.41) is 3.77. The standard InChI is InChI=1S/C16H23FN2OS/c1-10(2)14-16(20)19(9-11(3)21-4)15(18-14)12-5-7-13(17)8-6-12/h5-8,10-11,14-15,18H,9H2,1-4H3. The number of halogens is 1. The Balaban J connectivity index is 2.27.